The lowest BCUT2D eigenvalue weighted by atomic mass is 9.93. The molecule has 2 aromatic heterocycles. The van der Waals surface area contributed by atoms with E-state index in [1.54, 1.807) is 18.4 Å². The van der Waals surface area contributed by atoms with Crippen LogP contribution in [0.3, 0.4) is 0 Å². The zero-order chi connectivity index (χ0) is 18.1. The zero-order valence-corrected chi connectivity index (χ0v) is 15.5. The van der Waals surface area contributed by atoms with Crippen LogP contribution in [0.25, 0.3) is 4.96 Å². The molecule has 0 aliphatic carbocycles. The van der Waals surface area contributed by atoms with Gasteiger partial charge in [0.15, 0.2) is 4.96 Å². The van der Waals surface area contributed by atoms with Crippen LogP contribution in [0.2, 0.25) is 0 Å². The van der Waals surface area contributed by atoms with E-state index in [4.69, 9.17) is 15.5 Å². The summed E-state index contributed by atoms with van der Waals surface area (Å²) in [5, 5.41) is 2.03. The van der Waals surface area contributed by atoms with E-state index in [0.717, 1.165) is 29.1 Å². The van der Waals surface area contributed by atoms with Crippen LogP contribution in [-0.2, 0) is 4.79 Å². The highest BCUT2D eigenvalue weighted by atomic mass is 32.1. The number of rotatable bonds is 4. The van der Waals surface area contributed by atoms with Crippen molar-refractivity contribution in [3.05, 3.63) is 53.3 Å². The van der Waals surface area contributed by atoms with Gasteiger partial charge in [0.05, 0.1) is 12.8 Å². The van der Waals surface area contributed by atoms with Crippen LogP contribution in [0, 0.1) is 0 Å². The number of ether oxygens (including phenoxy) is 1. The third-order valence-electron chi connectivity index (χ3n) is 5.08. The standard InChI is InChI=1S/C19H22N4O2S/c1-25-16-5-3-2-4-14(16)17(20)18(24)22-8-6-13(7-9-22)15-12-23-10-11-26-19(23)21-15/h2-5,10-13,17H,6-9,20H2,1H3. The quantitative estimate of drug-likeness (QED) is 0.766. The molecular weight excluding hydrogens is 348 g/mol. The maximum atomic E-state index is 12.8. The number of hydrogen-bond donors (Lipinski definition) is 1. The van der Waals surface area contributed by atoms with Crippen LogP contribution in [0.15, 0.2) is 42.0 Å². The molecule has 1 amide bonds. The highest BCUT2D eigenvalue weighted by Gasteiger charge is 2.29. The summed E-state index contributed by atoms with van der Waals surface area (Å²) < 4.78 is 7.40. The Balaban J connectivity index is 1.42. The van der Waals surface area contributed by atoms with Gasteiger partial charge in [-0.15, -0.1) is 11.3 Å². The Morgan fingerprint density at radius 3 is 2.85 bits per heavy atom. The molecule has 4 rings (SSSR count). The molecule has 2 N–H and O–H groups in total. The molecular formula is C19H22N4O2S. The summed E-state index contributed by atoms with van der Waals surface area (Å²) in [4.78, 5) is 20.4. The predicted molar refractivity (Wildman–Crippen MR) is 102 cm³/mol. The smallest absolute Gasteiger partial charge is 0.244 e. The van der Waals surface area contributed by atoms with Crippen LogP contribution in [-0.4, -0.2) is 40.4 Å². The van der Waals surface area contributed by atoms with Crippen molar-refractivity contribution in [2.45, 2.75) is 24.8 Å². The molecule has 0 saturated carbocycles. The van der Waals surface area contributed by atoms with Gasteiger partial charge in [-0.1, -0.05) is 18.2 Å². The lowest BCUT2D eigenvalue weighted by Crippen LogP contribution is -2.43. The molecule has 3 aromatic rings. The first-order valence-corrected chi connectivity index (χ1v) is 9.64. The minimum absolute atomic E-state index is 0.0428. The molecule has 26 heavy (non-hydrogen) atoms. The number of carbonyl (C=O) groups is 1. The van der Waals surface area contributed by atoms with Crippen LogP contribution in [0.4, 0.5) is 0 Å². The Hall–Kier alpha value is -2.38. The monoisotopic (exact) mass is 370 g/mol. The number of piperidine rings is 1. The normalized spacial score (nSPS) is 16.8. The minimum Gasteiger partial charge on any atom is -0.496 e. The Morgan fingerprint density at radius 1 is 1.35 bits per heavy atom. The number of carbonyl (C=O) groups excluding carboxylic acids is 1. The molecule has 1 saturated heterocycles. The molecule has 0 radical (unpaired) electrons. The number of likely N-dealkylation sites (tertiary alicyclic amines) is 1. The molecule has 0 spiro atoms. The largest absolute Gasteiger partial charge is 0.496 e. The fourth-order valence-electron chi connectivity index (χ4n) is 3.59. The van der Waals surface area contributed by atoms with Crippen molar-refractivity contribution in [1.82, 2.24) is 14.3 Å². The Labute approximate surface area is 156 Å². The molecule has 1 aromatic carbocycles. The molecule has 7 heteroatoms. The average Bonchev–Trinajstić information content (AvgIpc) is 3.29. The van der Waals surface area contributed by atoms with E-state index in [1.807, 2.05) is 40.7 Å². The lowest BCUT2D eigenvalue weighted by Gasteiger charge is -2.33. The van der Waals surface area contributed by atoms with E-state index >= 15 is 0 Å². The van der Waals surface area contributed by atoms with Crippen molar-refractivity contribution in [2.75, 3.05) is 20.2 Å². The molecule has 1 fully saturated rings. The van der Waals surface area contributed by atoms with E-state index < -0.39 is 6.04 Å². The fourth-order valence-corrected chi connectivity index (χ4v) is 4.30. The zero-order valence-electron chi connectivity index (χ0n) is 14.7. The van der Waals surface area contributed by atoms with Crippen LogP contribution < -0.4 is 10.5 Å². The number of nitrogens with two attached hydrogens (primary N) is 1. The maximum absolute atomic E-state index is 12.8. The van der Waals surface area contributed by atoms with E-state index in [0.29, 0.717) is 24.8 Å². The summed E-state index contributed by atoms with van der Waals surface area (Å²) in [7, 11) is 1.59. The van der Waals surface area contributed by atoms with Gasteiger partial charge >= 0.3 is 0 Å². The molecule has 1 aliphatic heterocycles. The van der Waals surface area contributed by atoms with Crippen LogP contribution in [0.5, 0.6) is 5.75 Å². The van der Waals surface area contributed by atoms with Crippen molar-refractivity contribution in [3.8, 4) is 5.75 Å². The summed E-state index contributed by atoms with van der Waals surface area (Å²) in [6.45, 7) is 1.41. The molecule has 136 valence electrons. The molecule has 1 aliphatic rings. The SMILES string of the molecule is COc1ccccc1C(N)C(=O)N1CCC(c2cn3ccsc3n2)CC1. The number of methoxy groups -OCH3 is 1. The van der Waals surface area contributed by atoms with Crippen LogP contribution in [0.1, 0.15) is 36.1 Å². The number of fused-ring (bicyclic) bond motifs is 1. The van der Waals surface area contributed by atoms with E-state index in [1.165, 1.54) is 0 Å². The highest BCUT2D eigenvalue weighted by Crippen LogP contribution is 2.30. The van der Waals surface area contributed by atoms with Gasteiger partial charge in [0.25, 0.3) is 0 Å². The Bertz CT molecular complexity index is 883. The minimum atomic E-state index is -0.694. The van der Waals surface area contributed by atoms with Gasteiger partial charge in [-0.25, -0.2) is 4.98 Å². The number of imidazole rings is 1. The van der Waals surface area contributed by atoms with Crippen LogP contribution >= 0.6 is 11.3 Å². The number of aromatic nitrogens is 2. The van der Waals surface area contributed by atoms with Gasteiger partial charge in [0.1, 0.15) is 11.8 Å². The van der Waals surface area contributed by atoms with Crippen molar-refractivity contribution < 1.29 is 9.53 Å². The van der Waals surface area contributed by atoms with Gasteiger partial charge in [-0.3, -0.25) is 9.20 Å². The summed E-state index contributed by atoms with van der Waals surface area (Å²) in [5.74, 6) is 1.01. The molecule has 3 heterocycles. The van der Waals surface area contributed by atoms with Gasteiger partial charge in [-0.2, -0.15) is 0 Å². The second kappa shape index (κ2) is 7.09. The number of hydrogen-bond acceptors (Lipinski definition) is 5. The van der Waals surface area contributed by atoms with E-state index in [2.05, 4.69) is 10.6 Å². The first kappa shape index (κ1) is 17.1. The second-order valence-electron chi connectivity index (χ2n) is 6.58. The predicted octanol–water partition coefficient (Wildman–Crippen LogP) is 2.81. The topological polar surface area (TPSA) is 72.9 Å². The van der Waals surface area contributed by atoms with Crippen molar-refractivity contribution >= 4 is 22.2 Å². The summed E-state index contributed by atoms with van der Waals surface area (Å²) in [6, 6.07) is 6.74. The third kappa shape index (κ3) is 3.08. The van der Waals surface area contributed by atoms with Crippen molar-refractivity contribution in [2.24, 2.45) is 5.73 Å². The van der Waals surface area contributed by atoms with Gasteiger partial charge in [0.2, 0.25) is 5.91 Å². The second-order valence-corrected chi connectivity index (χ2v) is 7.45. The molecule has 0 bridgehead atoms. The van der Waals surface area contributed by atoms with E-state index in [-0.39, 0.29) is 5.91 Å². The fraction of sp³-hybridized carbons (Fsp3) is 0.368. The van der Waals surface area contributed by atoms with Gasteiger partial charge < -0.3 is 15.4 Å². The van der Waals surface area contributed by atoms with Crippen molar-refractivity contribution in [1.29, 1.82) is 0 Å². The molecule has 1 atom stereocenters. The van der Waals surface area contributed by atoms with Crippen molar-refractivity contribution in [3.63, 3.8) is 0 Å². The third-order valence-corrected chi connectivity index (χ3v) is 5.85. The summed E-state index contributed by atoms with van der Waals surface area (Å²) in [5.41, 5.74) is 8.10. The number of benzene rings is 1. The number of thiazole rings is 1. The molecule has 6 nitrogen and oxygen atoms in total. The molecule has 1 unspecified atom stereocenters. The number of para-hydroxylation sites is 1. The van der Waals surface area contributed by atoms with Gasteiger partial charge in [-0.05, 0) is 18.9 Å². The summed E-state index contributed by atoms with van der Waals surface area (Å²) >= 11 is 1.64. The average molecular weight is 370 g/mol. The number of amides is 1. The Kier molecular flexibility index (Phi) is 4.65. The maximum Gasteiger partial charge on any atom is 0.244 e. The number of nitrogens with zero attached hydrogens (tertiary/aromatic N) is 3. The first-order chi connectivity index (χ1) is 12.7. The van der Waals surface area contributed by atoms with Gasteiger partial charge in [0, 0.05) is 42.3 Å². The Morgan fingerprint density at radius 2 is 2.12 bits per heavy atom. The summed E-state index contributed by atoms with van der Waals surface area (Å²) in [6.07, 6.45) is 5.96. The first-order valence-electron chi connectivity index (χ1n) is 8.76. The highest BCUT2D eigenvalue weighted by molar-refractivity contribution is 7.15. The van der Waals surface area contributed by atoms with E-state index in [9.17, 15) is 4.79 Å². The lowest BCUT2D eigenvalue weighted by molar-refractivity contribution is -0.133.